The van der Waals surface area contributed by atoms with Gasteiger partial charge >= 0.3 is 0 Å². The number of hydrogen-bond acceptors (Lipinski definition) is 7. The Labute approximate surface area is 122 Å². The van der Waals surface area contributed by atoms with Gasteiger partial charge in [0.1, 0.15) is 16.3 Å². The molecule has 0 aromatic carbocycles. The quantitative estimate of drug-likeness (QED) is 0.550. The highest BCUT2D eigenvalue weighted by atomic mass is 32.2. The molecule has 21 heavy (non-hydrogen) atoms. The summed E-state index contributed by atoms with van der Waals surface area (Å²) >= 11 is 0. The zero-order chi connectivity index (χ0) is 15.5. The van der Waals surface area contributed by atoms with Crippen LogP contribution < -0.4 is 9.42 Å². The maximum Gasteiger partial charge on any atom is 0.216 e. The SMILES string of the molecule is COc1cc(C)nc(-c2cc[n+](CCS(=O)(=O)[O-])nc2)n1. The molecule has 0 saturated heterocycles. The Bertz CT molecular complexity index is 731. The van der Waals surface area contributed by atoms with E-state index < -0.39 is 15.9 Å². The molecule has 0 radical (unpaired) electrons. The van der Waals surface area contributed by atoms with Crippen LogP contribution in [-0.2, 0) is 16.7 Å². The summed E-state index contributed by atoms with van der Waals surface area (Å²) in [6.07, 6.45) is 3.07. The van der Waals surface area contributed by atoms with Crippen molar-refractivity contribution in [2.45, 2.75) is 13.5 Å². The molecule has 112 valence electrons. The number of rotatable bonds is 5. The molecular formula is C12H14N4O4S. The fraction of sp³-hybridized carbons (Fsp3) is 0.333. The van der Waals surface area contributed by atoms with E-state index in [-0.39, 0.29) is 6.54 Å². The van der Waals surface area contributed by atoms with Gasteiger partial charge in [-0.15, -0.1) is 0 Å². The van der Waals surface area contributed by atoms with Crippen LogP contribution in [0.1, 0.15) is 5.69 Å². The van der Waals surface area contributed by atoms with E-state index in [9.17, 15) is 13.0 Å². The molecule has 0 atom stereocenters. The third-order valence-corrected chi connectivity index (χ3v) is 3.32. The molecule has 0 aliphatic carbocycles. The van der Waals surface area contributed by atoms with Gasteiger partial charge in [-0.3, -0.25) is 0 Å². The van der Waals surface area contributed by atoms with Crippen molar-refractivity contribution >= 4 is 10.1 Å². The summed E-state index contributed by atoms with van der Waals surface area (Å²) in [4.78, 5) is 8.49. The number of ether oxygens (including phenoxy) is 1. The van der Waals surface area contributed by atoms with E-state index in [1.165, 1.54) is 18.0 Å². The average Bonchev–Trinajstić information content (AvgIpc) is 2.44. The van der Waals surface area contributed by atoms with E-state index in [1.807, 2.05) is 6.92 Å². The molecule has 0 fully saturated rings. The first-order valence-electron chi connectivity index (χ1n) is 6.07. The molecule has 2 rings (SSSR count). The van der Waals surface area contributed by atoms with Gasteiger partial charge in [0.05, 0.1) is 12.9 Å². The molecule has 0 unspecified atom stereocenters. The third-order valence-electron chi connectivity index (χ3n) is 2.64. The van der Waals surface area contributed by atoms with Crippen molar-refractivity contribution < 1.29 is 22.4 Å². The minimum atomic E-state index is -4.25. The third kappa shape index (κ3) is 4.43. The van der Waals surface area contributed by atoms with Crippen LogP contribution in [0.4, 0.5) is 0 Å². The van der Waals surface area contributed by atoms with Crippen LogP contribution in [0.15, 0.2) is 24.5 Å². The highest BCUT2D eigenvalue weighted by Gasteiger charge is 2.10. The van der Waals surface area contributed by atoms with Crippen molar-refractivity contribution in [3.8, 4) is 17.3 Å². The van der Waals surface area contributed by atoms with E-state index in [2.05, 4.69) is 15.1 Å². The Morgan fingerprint density at radius 1 is 1.38 bits per heavy atom. The van der Waals surface area contributed by atoms with E-state index in [1.54, 1.807) is 18.3 Å². The fourth-order valence-corrected chi connectivity index (χ4v) is 2.04. The van der Waals surface area contributed by atoms with Crippen molar-refractivity contribution in [1.82, 2.24) is 15.1 Å². The molecule has 8 nitrogen and oxygen atoms in total. The van der Waals surface area contributed by atoms with Gasteiger partial charge in [-0.2, -0.15) is 4.98 Å². The second kappa shape index (κ2) is 6.10. The number of methoxy groups -OCH3 is 1. The van der Waals surface area contributed by atoms with Crippen molar-refractivity contribution in [1.29, 1.82) is 0 Å². The topological polar surface area (TPSA) is 109 Å². The highest BCUT2D eigenvalue weighted by Crippen LogP contribution is 2.16. The van der Waals surface area contributed by atoms with Gasteiger partial charge < -0.3 is 9.29 Å². The Morgan fingerprint density at radius 3 is 2.71 bits per heavy atom. The van der Waals surface area contributed by atoms with Crippen molar-refractivity contribution in [3.63, 3.8) is 0 Å². The van der Waals surface area contributed by atoms with Crippen molar-refractivity contribution in [2.75, 3.05) is 12.9 Å². The van der Waals surface area contributed by atoms with Crippen LogP contribution in [0, 0.1) is 6.92 Å². The first-order valence-corrected chi connectivity index (χ1v) is 7.64. The van der Waals surface area contributed by atoms with E-state index in [4.69, 9.17) is 4.74 Å². The van der Waals surface area contributed by atoms with Crippen LogP contribution in [0.2, 0.25) is 0 Å². The summed E-state index contributed by atoms with van der Waals surface area (Å²) in [6.45, 7) is 1.83. The Morgan fingerprint density at radius 2 is 2.14 bits per heavy atom. The van der Waals surface area contributed by atoms with Crippen molar-refractivity contribution in [3.05, 3.63) is 30.2 Å². The van der Waals surface area contributed by atoms with Gasteiger partial charge in [-0.1, -0.05) is 4.68 Å². The Balaban J connectivity index is 2.21. The van der Waals surface area contributed by atoms with Crippen LogP contribution in [-0.4, -0.2) is 40.9 Å². The lowest BCUT2D eigenvalue weighted by Crippen LogP contribution is -2.40. The van der Waals surface area contributed by atoms with Crippen LogP contribution in [0.5, 0.6) is 5.88 Å². The first-order chi connectivity index (χ1) is 9.87. The van der Waals surface area contributed by atoms with Crippen molar-refractivity contribution in [2.24, 2.45) is 0 Å². The molecule has 9 heteroatoms. The zero-order valence-electron chi connectivity index (χ0n) is 11.6. The van der Waals surface area contributed by atoms with Gasteiger partial charge in [0, 0.05) is 23.4 Å². The number of aromatic nitrogens is 4. The van der Waals surface area contributed by atoms with Crippen LogP contribution in [0.3, 0.4) is 0 Å². The molecule has 0 spiro atoms. The summed E-state index contributed by atoms with van der Waals surface area (Å²) in [5.41, 5.74) is 1.42. The lowest BCUT2D eigenvalue weighted by atomic mass is 10.3. The monoisotopic (exact) mass is 310 g/mol. The van der Waals surface area contributed by atoms with Gasteiger partial charge in [0.25, 0.3) is 0 Å². The summed E-state index contributed by atoms with van der Waals surface area (Å²) in [5.74, 6) is 0.410. The standard InChI is InChI=1S/C12H14N4O4S/c1-9-7-11(20-2)15-12(14-9)10-3-4-16(13-8-10)5-6-21(17,18)19/h3-4,7-8H,5-6H2,1-2H3. The Kier molecular flexibility index (Phi) is 4.43. The highest BCUT2D eigenvalue weighted by molar-refractivity contribution is 7.85. The Hall–Kier alpha value is -2.13. The van der Waals surface area contributed by atoms with E-state index in [0.717, 1.165) is 5.69 Å². The fourth-order valence-electron chi connectivity index (χ4n) is 1.63. The number of aryl methyl sites for hydroxylation is 2. The molecule has 2 heterocycles. The second-order valence-corrected chi connectivity index (χ2v) is 5.84. The summed E-state index contributed by atoms with van der Waals surface area (Å²) in [7, 11) is -2.73. The maximum atomic E-state index is 10.6. The van der Waals surface area contributed by atoms with E-state index in [0.29, 0.717) is 17.3 Å². The van der Waals surface area contributed by atoms with Crippen LogP contribution >= 0.6 is 0 Å². The average molecular weight is 310 g/mol. The largest absolute Gasteiger partial charge is 0.748 e. The summed E-state index contributed by atoms with van der Waals surface area (Å²) in [6, 6.07) is 3.40. The van der Waals surface area contributed by atoms with Gasteiger partial charge in [-0.25, -0.2) is 13.4 Å². The molecule has 0 saturated carbocycles. The number of nitrogens with zero attached hydrogens (tertiary/aromatic N) is 4. The maximum absolute atomic E-state index is 10.6. The summed E-state index contributed by atoms with van der Waals surface area (Å²) in [5, 5.41) is 4.04. The predicted octanol–water partition coefficient (Wildman–Crippen LogP) is -0.312. The van der Waals surface area contributed by atoms with Gasteiger partial charge in [0.2, 0.25) is 5.88 Å². The lowest BCUT2D eigenvalue weighted by Gasteiger charge is -2.04. The molecule has 0 amide bonds. The normalized spacial score (nSPS) is 11.4. The molecule has 0 N–H and O–H groups in total. The van der Waals surface area contributed by atoms with Crippen LogP contribution in [0.25, 0.3) is 11.4 Å². The number of hydrogen-bond donors (Lipinski definition) is 0. The molecule has 2 aromatic heterocycles. The minimum absolute atomic E-state index is 0.00408. The molecular weight excluding hydrogens is 296 g/mol. The van der Waals surface area contributed by atoms with Gasteiger partial charge in [0.15, 0.2) is 18.6 Å². The molecule has 0 bridgehead atoms. The lowest BCUT2D eigenvalue weighted by molar-refractivity contribution is -0.750. The smallest absolute Gasteiger partial charge is 0.216 e. The molecule has 0 aliphatic rings. The zero-order valence-corrected chi connectivity index (χ0v) is 12.4. The predicted molar refractivity (Wildman–Crippen MR) is 71.3 cm³/mol. The molecule has 0 aliphatic heterocycles. The second-order valence-electron chi connectivity index (χ2n) is 4.32. The first kappa shape index (κ1) is 15.3. The summed E-state index contributed by atoms with van der Waals surface area (Å²) < 4.78 is 38.2. The van der Waals surface area contributed by atoms with E-state index >= 15 is 0 Å². The molecule has 2 aromatic rings. The minimum Gasteiger partial charge on any atom is -0.748 e. The van der Waals surface area contributed by atoms with Gasteiger partial charge in [-0.05, 0) is 12.0 Å².